The Hall–Kier alpha value is -2.29. The standard InChI is InChI=1S/C19H25N5O2S/c1-14-3-5-16(6-4-14)22-18(26)13-24-9-7-23(8-10-24)12-17-11-20-19(27-17)21-15(2)25/h3-6,11H,7-10,12-13H2,1-2H3,(H,22,26)(H,20,21,25). The maximum absolute atomic E-state index is 12.2. The molecular weight excluding hydrogens is 362 g/mol. The third kappa shape index (κ3) is 6.13. The number of aromatic nitrogens is 1. The first kappa shape index (κ1) is 19.5. The highest BCUT2D eigenvalue weighted by atomic mass is 32.1. The highest BCUT2D eigenvalue weighted by molar-refractivity contribution is 7.15. The molecular formula is C19H25N5O2S. The van der Waals surface area contributed by atoms with Crippen molar-refractivity contribution >= 4 is 34.0 Å². The lowest BCUT2D eigenvalue weighted by Crippen LogP contribution is -2.48. The Morgan fingerprint density at radius 3 is 2.41 bits per heavy atom. The molecule has 27 heavy (non-hydrogen) atoms. The summed E-state index contributed by atoms with van der Waals surface area (Å²) in [4.78, 5) is 33.2. The number of amides is 2. The summed E-state index contributed by atoms with van der Waals surface area (Å²) in [6.07, 6.45) is 1.82. The average molecular weight is 388 g/mol. The zero-order valence-corrected chi connectivity index (χ0v) is 16.5. The van der Waals surface area contributed by atoms with Gasteiger partial charge in [0.25, 0.3) is 0 Å². The fourth-order valence-corrected chi connectivity index (χ4v) is 3.86. The first-order chi connectivity index (χ1) is 13.0. The van der Waals surface area contributed by atoms with Crippen LogP contribution in [0.3, 0.4) is 0 Å². The van der Waals surface area contributed by atoms with Gasteiger partial charge < -0.3 is 10.6 Å². The third-order valence-electron chi connectivity index (χ3n) is 4.38. The molecule has 0 radical (unpaired) electrons. The molecule has 144 valence electrons. The van der Waals surface area contributed by atoms with Crippen LogP contribution in [0.2, 0.25) is 0 Å². The van der Waals surface area contributed by atoms with E-state index < -0.39 is 0 Å². The lowest BCUT2D eigenvalue weighted by atomic mass is 10.2. The summed E-state index contributed by atoms with van der Waals surface area (Å²) >= 11 is 1.51. The van der Waals surface area contributed by atoms with E-state index in [1.807, 2.05) is 37.4 Å². The molecule has 2 amide bonds. The molecule has 1 aliphatic heterocycles. The fourth-order valence-electron chi connectivity index (χ4n) is 2.96. The van der Waals surface area contributed by atoms with Crippen molar-refractivity contribution in [3.63, 3.8) is 0 Å². The van der Waals surface area contributed by atoms with E-state index >= 15 is 0 Å². The molecule has 8 heteroatoms. The number of carbonyl (C=O) groups excluding carboxylic acids is 2. The van der Waals surface area contributed by atoms with Gasteiger partial charge in [0, 0.05) is 56.4 Å². The molecule has 1 fully saturated rings. The van der Waals surface area contributed by atoms with Gasteiger partial charge >= 0.3 is 0 Å². The Bertz CT molecular complexity index is 782. The first-order valence-electron chi connectivity index (χ1n) is 9.01. The second-order valence-corrected chi connectivity index (χ2v) is 7.89. The van der Waals surface area contributed by atoms with Crippen LogP contribution in [0.4, 0.5) is 10.8 Å². The zero-order chi connectivity index (χ0) is 19.2. The molecule has 0 atom stereocenters. The number of benzene rings is 1. The summed E-state index contributed by atoms with van der Waals surface area (Å²) in [5.41, 5.74) is 2.01. The maximum Gasteiger partial charge on any atom is 0.238 e. The van der Waals surface area contributed by atoms with Gasteiger partial charge in [-0.1, -0.05) is 17.7 Å². The SMILES string of the molecule is CC(=O)Nc1ncc(CN2CCN(CC(=O)Nc3ccc(C)cc3)CC2)s1. The molecule has 0 aliphatic carbocycles. The number of nitrogens with one attached hydrogen (secondary N) is 2. The normalized spacial score (nSPS) is 15.5. The predicted molar refractivity (Wildman–Crippen MR) is 108 cm³/mol. The summed E-state index contributed by atoms with van der Waals surface area (Å²) in [5, 5.41) is 6.30. The second-order valence-electron chi connectivity index (χ2n) is 6.78. The predicted octanol–water partition coefficient (Wildman–Crippen LogP) is 2.17. The number of thiazole rings is 1. The number of nitrogens with zero attached hydrogens (tertiary/aromatic N) is 3. The summed E-state index contributed by atoms with van der Waals surface area (Å²) in [6, 6.07) is 7.83. The van der Waals surface area contributed by atoms with E-state index in [1.165, 1.54) is 23.8 Å². The number of rotatable bonds is 6. The highest BCUT2D eigenvalue weighted by Crippen LogP contribution is 2.20. The molecule has 1 aromatic heterocycles. The molecule has 0 unspecified atom stereocenters. The van der Waals surface area contributed by atoms with Gasteiger partial charge in [-0.25, -0.2) is 4.98 Å². The highest BCUT2D eigenvalue weighted by Gasteiger charge is 2.19. The van der Waals surface area contributed by atoms with Crippen LogP contribution in [0, 0.1) is 6.92 Å². The first-order valence-corrected chi connectivity index (χ1v) is 9.83. The monoisotopic (exact) mass is 387 g/mol. The number of anilines is 2. The van der Waals surface area contributed by atoms with Gasteiger partial charge in [-0.2, -0.15) is 0 Å². The lowest BCUT2D eigenvalue weighted by Gasteiger charge is -2.33. The Balaban J connectivity index is 1.40. The van der Waals surface area contributed by atoms with Crippen LogP contribution in [0.25, 0.3) is 0 Å². The Kier molecular flexibility index (Phi) is 6.54. The third-order valence-corrected chi connectivity index (χ3v) is 5.28. The van der Waals surface area contributed by atoms with Gasteiger partial charge in [-0.15, -0.1) is 11.3 Å². The zero-order valence-electron chi connectivity index (χ0n) is 15.7. The molecule has 2 heterocycles. The van der Waals surface area contributed by atoms with Gasteiger partial charge in [0.05, 0.1) is 6.54 Å². The number of carbonyl (C=O) groups is 2. The van der Waals surface area contributed by atoms with Crippen LogP contribution in [0.15, 0.2) is 30.5 Å². The second kappa shape index (κ2) is 9.07. The van der Waals surface area contributed by atoms with Crippen molar-refractivity contribution < 1.29 is 9.59 Å². The summed E-state index contributed by atoms with van der Waals surface area (Å²) in [7, 11) is 0. The van der Waals surface area contributed by atoms with E-state index in [1.54, 1.807) is 0 Å². The van der Waals surface area contributed by atoms with Crippen molar-refractivity contribution in [2.24, 2.45) is 0 Å². The fraction of sp³-hybridized carbons (Fsp3) is 0.421. The van der Waals surface area contributed by atoms with Crippen molar-refractivity contribution in [3.05, 3.63) is 40.9 Å². The number of hydrogen-bond acceptors (Lipinski definition) is 6. The molecule has 2 N–H and O–H groups in total. The molecule has 2 aromatic rings. The van der Waals surface area contributed by atoms with Crippen molar-refractivity contribution in [2.45, 2.75) is 20.4 Å². The molecule has 1 saturated heterocycles. The van der Waals surface area contributed by atoms with Gasteiger partial charge in [0.2, 0.25) is 11.8 Å². The van der Waals surface area contributed by atoms with E-state index in [0.717, 1.165) is 43.3 Å². The minimum Gasteiger partial charge on any atom is -0.325 e. The van der Waals surface area contributed by atoms with E-state index in [0.29, 0.717) is 11.7 Å². The van der Waals surface area contributed by atoms with Crippen molar-refractivity contribution in [2.75, 3.05) is 43.4 Å². The summed E-state index contributed by atoms with van der Waals surface area (Å²) in [6.45, 7) is 8.27. The molecule has 1 aliphatic rings. The number of hydrogen-bond donors (Lipinski definition) is 2. The summed E-state index contributed by atoms with van der Waals surface area (Å²) in [5.74, 6) is -0.0804. The average Bonchev–Trinajstić information content (AvgIpc) is 3.05. The molecule has 0 spiro atoms. The van der Waals surface area contributed by atoms with Crippen LogP contribution >= 0.6 is 11.3 Å². The molecule has 1 aromatic carbocycles. The maximum atomic E-state index is 12.2. The Labute approximate surface area is 163 Å². The van der Waals surface area contributed by atoms with Crippen LogP contribution in [0.5, 0.6) is 0 Å². The lowest BCUT2D eigenvalue weighted by molar-refractivity contribution is -0.117. The van der Waals surface area contributed by atoms with Crippen LogP contribution < -0.4 is 10.6 Å². The Morgan fingerprint density at radius 2 is 1.74 bits per heavy atom. The van der Waals surface area contributed by atoms with Crippen LogP contribution in [-0.2, 0) is 16.1 Å². The molecule has 7 nitrogen and oxygen atoms in total. The van der Waals surface area contributed by atoms with E-state index in [9.17, 15) is 9.59 Å². The van der Waals surface area contributed by atoms with E-state index in [4.69, 9.17) is 0 Å². The van der Waals surface area contributed by atoms with Crippen molar-refractivity contribution in [1.29, 1.82) is 0 Å². The van der Waals surface area contributed by atoms with Gasteiger partial charge in [-0.3, -0.25) is 19.4 Å². The topological polar surface area (TPSA) is 77.6 Å². The number of aryl methyl sites for hydroxylation is 1. The minimum absolute atomic E-state index is 0.0229. The van der Waals surface area contributed by atoms with Gasteiger partial charge in [0.15, 0.2) is 5.13 Å². The molecule has 0 saturated carbocycles. The quantitative estimate of drug-likeness (QED) is 0.794. The van der Waals surface area contributed by atoms with Crippen molar-refractivity contribution in [3.8, 4) is 0 Å². The van der Waals surface area contributed by atoms with E-state index in [2.05, 4.69) is 25.4 Å². The largest absolute Gasteiger partial charge is 0.325 e. The van der Waals surface area contributed by atoms with E-state index in [-0.39, 0.29) is 11.8 Å². The molecule has 0 bridgehead atoms. The van der Waals surface area contributed by atoms with Crippen molar-refractivity contribution in [1.82, 2.24) is 14.8 Å². The smallest absolute Gasteiger partial charge is 0.238 e. The number of piperazine rings is 1. The Morgan fingerprint density at radius 1 is 1.07 bits per heavy atom. The van der Waals surface area contributed by atoms with Gasteiger partial charge in [0.1, 0.15) is 0 Å². The van der Waals surface area contributed by atoms with Gasteiger partial charge in [-0.05, 0) is 19.1 Å². The van der Waals surface area contributed by atoms with Crippen LogP contribution in [0.1, 0.15) is 17.4 Å². The minimum atomic E-state index is -0.103. The summed E-state index contributed by atoms with van der Waals surface area (Å²) < 4.78 is 0. The molecule has 3 rings (SSSR count). The van der Waals surface area contributed by atoms with Crippen LogP contribution in [-0.4, -0.2) is 59.3 Å².